The molecule has 0 N–H and O–H groups in total. The van der Waals surface area contributed by atoms with E-state index in [4.69, 9.17) is 18.6 Å². The molecule has 1 aliphatic rings. The van der Waals surface area contributed by atoms with Crippen molar-refractivity contribution in [2.24, 2.45) is 0 Å². The smallest absolute Gasteiger partial charge is 0.290 e. The highest BCUT2D eigenvalue weighted by atomic mass is 19.1. The van der Waals surface area contributed by atoms with Crippen LogP contribution in [0.15, 0.2) is 45.6 Å². The summed E-state index contributed by atoms with van der Waals surface area (Å²) in [7, 11) is 1.54. The van der Waals surface area contributed by atoms with Gasteiger partial charge in [0.2, 0.25) is 5.76 Å². The van der Waals surface area contributed by atoms with Gasteiger partial charge in [-0.25, -0.2) is 4.39 Å². The Labute approximate surface area is 197 Å². The molecule has 0 radical (unpaired) electrons. The summed E-state index contributed by atoms with van der Waals surface area (Å²) in [6, 6.07) is 8.35. The molecule has 1 unspecified atom stereocenters. The van der Waals surface area contributed by atoms with Gasteiger partial charge in [0.05, 0.1) is 36.8 Å². The number of carbonyl (C=O) groups is 1. The first-order valence-corrected chi connectivity index (χ1v) is 11.5. The van der Waals surface area contributed by atoms with Crippen molar-refractivity contribution in [2.75, 3.05) is 33.5 Å². The fourth-order valence-corrected chi connectivity index (χ4v) is 4.17. The van der Waals surface area contributed by atoms with E-state index >= 15 is 0 Å². The summed E-state index contributed by atoms with van der Waals surface area (Å²) in [5.41, 5.74) is 0.578. The van der Waals surface area contributed by atoms with E-state index in [0.717, 1.165) is 18.9 Å². The van der Waals surface area contributed by atoms with Gasteiger partial charge in [0.25, 0.3) is 5.91 Å². The zero-order valence-corrected chi connectivity index (χ0v) is 19.6. The Bertz CT molecular complexity index is 1250. The number of hydrogen-bond donors (Lipinski definition) is 0. The summed E-state index contributed by atoms with van der Waals surface area (Å²) in [5, 5.41) is 0.0923. The monoisotopic (exact) mass is 469 g/mol. The maximum Gasteiger partial charge on any atom is 0.290 e. The van der Waals surface area contributed by atoms with E-state index in [9.17, 15) is 14.0 Å². The summed E-state index contributed by atoms with van der Waals surface area (Å²) in [6.07, 6.45) is 1.91. The van der Waals surface area contributed by atoms with Crippen LogP contribution in [0.3, 0.4) is 0 Å². The number of halogens is 1. The van der Waals surface area contributed by atoms with Crippen molar-refractivity contribution >= 4 is 16.9 Å². The molecule has 3 aromatic rings. The Hall–Kier alpha value is -3.39. The van der Waals surface area contributed by atoms with Crippen molar-refractivity contribution in [2.45, 2.75) is 32.7 Å². The Morgan fingerprint density at radius 2 is 1.85 bits per heavy atom. The Balaban J connectivity index is 1.86. The molecule has 0 saturated heterocycles. The van der Waals surface area contributed by atoms with Gasteiger partial charge in [-0.1, -0.05) is 19.4 Å². The van der Waals surface area contributed by atoms with Gasteiger partial charge in [0, 0.05) is 13.7 Å². The molecular weight excluding hydrogens is 441 g/mol. The molecule has 4 rings (SSSR count). The molecule has 1 atom stereocenters. The predicted molar refractivity (Wildman–Crippen MR) is 125 cm³/mol. The molecule has 7 nitrogen and oxygen atoms in total. The van der Waals surface area contributed by atoms with Gasteiger partial charge < -0.3 is 23.5 Å². The van der Waals surface area contributed by atoms with Gasteiger partial charge in [-0.15, -0.1) is 0 Å². The van der Waals surface area contributed by atoms with E-state index in [0.29, 0.717) is 30.3 Å². The average Bonchev–Trinajstić information content (AvgIpc) is 3.11. The van der Waals surface area contributed by atoms with Crippen LogP contribution in [0, 0.1) is 5.82 Å². The van der Waals surface area contributed by atoms with Crippen molar-refractivity contribution in [3.8, 4) is 11.5 Å². The molecule has 180 valence electrons. The first-order chi connectivity index (χ1) is 16.5. The maximum atomic E-state index is 13.9. The lowest BCUT2D eigenvalue weighted by Gasteiger charge is -2.25. The number of carbonyl (C=O) groups excluding carboxylic acids is 1. The minimum Gasteiger partial charge on any atom is -0.490 e. The van der Waals surface area contributed by atoms with Gasteiger partial charge >= 0.3 is 0 Å². The highest BCUT2D eigenvalue weighted by Crippen LogP contribution is 2.41. The normalized spacial score (nSPS) is 15.1. The molecule has 2 heterocycles. The lowest BCUT2D eigenvalue weighted by Crippen LogP contribution is -2.32. The van der Waals surface area contributed by atoms with Crippen LogP contribution in [-0.4, -0.2) is 44.3 Å². The third kappa shape index (κ3) is 4.37. The van der Waals surface area contributed by atoms with Gasteiger partial charge in [-0.05, 0) is 49.2 Å². The number of rotatable bonds is 10. The summed E-state index contributed by atoms with van der Waals surface area (Å²) < 4.78 is 36.6. The van der Waals surface area contributed by atoms with E-state index in [1.165, 1.54) is 17.0 Å². The fraction of sp³-hybridized carbons (Fsp3) is 0.385. The number of hydrogen-bond acceptors (Lipinski definition) is 6. The summed E-state index contributed by atoms with van der Waals surface area (Å²) in [4.78, 5) is 28.3. The second-order valence-electron chi connectivity index (χ2n) is 8.05. The predicted octanol–water partition coefficient (Wildman–Crippen LogP) is 4.70. The molecule has 0 bridgehead atoms. The number of ether oxygens (including phenoxy) is 3. The van der Waals surface area contributed by atoms with E-state index < -0.39 is 23.2 Å². The Kier molecular flexibility index (Phi) is 7.17. The van der Waals surface area contributed by atoms with Crippen LogP contribution in [0.25, 0.3) is 11.0 Å². The van der Waals surface area contributed by atoms with Gasteiger partial charge in [0.15, 0.2) is 16.9 Å². The summed E-state index contributed by atoms with van der Waals surface area (Å²) in [6.45, 7) is 5.45. The van der Waals surface area contributed by atoms with Crippen LogP contribution in [0.5, 0.6) is 11.5 Å². The molecule has 8 heteroatoms. The number of unbranched alkanes of at least 4 members (excludes halogenated alkanes) is 1. The molecule has 34 heavy (non-hydrogen) atoms. The highest BCUT2D eigenvalue weighted by Gasteiger charge is 2.42. The first kappa shape index (κ1) is 23.8. The van der Waals surface area contributed by atoms with Crippen LogP contribution in [0.4, 0.5) is 4.39 Å². The minimum atomic E-state index is -0.731. The molecule has 0 aliphatic carbocycles. The molecule has 0 spiro atoms. The second-order valence-corrected chi connectivity index (χ2v) is 8.05. The number of amides is 1. The standard InChI is InChI=1S/C26H28FNO6/c1-4-6-12-33-20-9-7-16(14-21(20)32-5-2)23-22-24(29)18-15-17(27)8-10-19(18)34-25(22)26(30)28(23)11-13-31-3/h7-10,14-15,23H,4-6,11-13H2,1-3H3. The van der Waals surface area contributed by atoms with Crippen LogP contribution in [0.1, 0.15) is 54.4 Å². The first-order valence-electron chi connectivity index (χ1n) is 11.5. The largest absolute Gasteiger partial charge is 0.490 e. The van der Waals surface area contributed by atoms with Crippen molar-refractivity contribution in [3.05, 3.63) is 69.3 Å². The zero-order chi connectivity index (χ0) is 24.2. The molecule has 1 aromatic heterocycles. The summed E-state index contributed by atoms with van der Waals surface area (Å²) in [5.74, 6) is 0.122. The van der Waals surface area contributed by atoms with Gasteiger partial charge in [-0.3, -0.25) is 9.59 Å². The van der Waals surface area contributed by atoms with E-state index in [1.54, 1.807) is 19.2 Å². The van der Waals surface area contributed by atoms with Gasteiger partial charge in [0.1, 0.15) is 11.4 Å². The van der Waals surface area contributed by atoms with Gasteiger partial charge in [-0.2, -0.15) is 0 Å². The molecule has 0 fully saturated rings. The van der Waals surface area contributed by atoms with Crippen molar-refractivity contribution in [1.29, 1.82) is 0 Å². The van der Waals surface area contributed by atoms with Crippen LogP contribution in [-0.2, 0) is 4.74 Å². The Morgan fingerprint density at radius 3 is 2.59 bits per heavy atom. The quantitative estimate of drug-likeness (QED) is 0.401. The lowest BCUT2D eigenvalue weighted by molar-refractivity contribution is 0.0663. The van der Waals surface area contributed by atoms with Crippen LogP contribution < -0.4 is 14.9 Å². The van der Waals surface area contributed by atoms with Crippen molar-refractivity contribution in [3.63, 3.8) is 0 Å². The SMILES string of the molecule is CCCCOc1ccc(C2c3c(oc4ccc(F)cc4c3=O)C(=O)N2CCOC)cc1OCC. The zero-order valence-electron chi connectivity index (χ0n) is 19.6. The van der Waals surface area contributed by atoms with Crippen LogP contribution >= 0.6 is 0 Å². The van der Waals surface area contributed by atoms with E-state index in [1.807, 2.05) is 13.0 Å². The summed E-state index contributed by atoms with van der Waals surface area (Å²) >= 11 is 0. The molecule has 2 aromatic carbocycles. The van der Waals surface area contributed by atoms with Crippen molar-refractivity contribution in [1.82, 2.24) is 4.90 Å². The third-order valence-corrected chi connectivity index (χ3v) is 5.80. The third-order valence-electron chi connectivity index (χ3n) is 5.80. The minimum absolute atomic E-state index is 0.0357. The molecule has 0 saturated carbocycles. The van der Waals surface area contributed by atoms with E-state index in [2.05, 4.69) is 6.92 Å². The van der Waals surface area contributed by atoms with Crippen LogP contribution in [0.2, 0.25) is 0 Å². The molecular formula is C26H28FNO6. The van der Waals surface area contributed by atoms with Crippen molar-refractivity contribution < 1.29 is 27.8 Å². The average molecular weight is 470 g/mol. The number of nitrogens with zero attached hydrogens (tertiary/aromatic N) is 1. The Morgan fingerprint density at radius 1 is 1.03 bits per heavy atom. The molecule has 1 amide bonds. The number of methoxy groups -OCH3 is 1. The highest BCUT2D eigenvalue weighted by molar-refractivity contribution is 5.99. The lowest BCUT2D eigenvalue weighted by atomic mass is 9.98. The molecule has 1 aliphatic heterocycles. The second kappa shape index (κ2) is 10.3. The maximum absolute atomic E-state index is 13.9. The fourth-order valence-electron chi connectivity index (χ4n) is 4.17. The van der Waals surface area contributed by atoms with E-state index in [-0.39, 0.29) is 35.4 Å². The topological polar surface area (TPSA) is 78.2 Å². The number of benzene rings is 2. The number of fused-ring (bicyclic) bond motifs is 2.